The number of aliphatic hydroxyl groups is 1. The van der Waals surface area contributed by atoms with E-state index < -0.39 is 12.2 Å². The van der Waals surface area contributed by atoms with Gasteiger partial charge in [0.25, 0.3) is 0 Å². The predicted octanol–water partition coefficient (Wildman–Crippen LogP) is 0.750. The highest BCUT2D eigenvalue weighted by atomic mass is 16.5. The summed E-state index contributed by atoms with van der Waals surface area (Å²) in [5.41, 5.74) is 1.66. The van der Waals surface area contributed by atoms with Crippen molar-refractivity contribution in [2.24, 2.45) is 5.92 Å². The third-order valence-electron chi connectivity index (χ3n) is 3.76. The third-order valence-corrected chi connectivity index (χ3v) is 3.76. The van der Waals surface area contributed by atoms with Gasteiger partial charge in [0, 0.05) is 19.3 Å². The lowest BCUT2D eigenvalue weighted by Gasteiger charge is -2.36. The fourth-order valence-electron chi connectivity index (χ4n) is 2.57. The number of amides is 1. The standard InChI is InChI=1S/C15H16N4O4/c16-4-12(20)9-23-13-1-2-14-17-11(7-18(14)8-13)3-10-5-19(6-10)15(21)22/h1-2,7-8,10,12,20H,3,5-6,9H2,(H,21,22). The summed E-state index contributed by atoms with van der Waals surface area (Å²) in [7, 11) is 0. The van der Waals surface area contributed by atoms with Crippen LogP contribution in [0.4, 0.5) is 4.79 Å². The maximum absolute atomic E-state index is 10.7. The summed E-state index contributed by atoms with van der Waals surface area (Å²) in [4.78, 5) is 16.6. The van der Waals surface area contributed by atoms with E-state index in [1.807, 2.05) is 10.6 Å². The number of ether oxygens (including phenoxy) is 1. The molecule has 1 amide bonds. The zero-order valence-electron chi connectivity index (χ0n) is 12.3. The van der Waals surface area contributed by atoms with Crippen LogP contribution in [-0.4, -0.2) is 56.4 Å². The SMILES string of the molecule is N#CC(O)COc1ccc2nc(CC3CN(C(=O)O)C3)cn2c1. The Bertz CT molecular complexity index is 760. The fraction of sp³-hybridized carbons (Fsp3) is 0.400. The molecule has 0 radical (unpaired) electrons. The Balaban J connectivity index is 1.63. The highest BCUT2D eigenvalue weighted by molar-refractivity contribution is 5.66. The van der Waals surface area contributed by atoms with Gasteiger partial charge in [-0.3, -0.25) is 0 Å². The van der Waals surface area contributed by atoms with Crippen molar-refractivity contribution in [2.45, 2.75) is 12.5 Å². The number of aliphatic hydroxyl groups excluding tert-OH is 1. The van der Waals surface area contributed by atoms with E-state index in [2.05, 4.69) is 4.98 Å². The Morgan fingerprint density at radius 2 is 2.26 bits per heavy atom. The van der Waals surface area contributed by atoms with Gasteiger partial charge >= 0.3 is 6.09 Å². The lowest BCUT2D eigenvalue weighted by Crippen LogP contribution is -2.50. The second-order valence-corrected chi connectivity index (χ2v) is 5.58. The molecule has 1 unspecified atom stereocenters. The molecule has 8 heteroatoms. The summed E-state index contributed by atoms with van der Waals surface area (Å²) in [6, 6.07) is 5.21. The molecule has 120 valence electrons. The lowest BCUT2D eigenvalue weighted by atomic mass is 9.95. The molecular formula is C15H16N4O4. The molecule has 1 aliphatic rings. The fourth-order valence-corrected chi connectivity index (χ4v) is 2.57. The number of carbonyl (C=O) groups is 1. The van der Waals surface area contributed by atoms with E-state index in [0.717, 1.165) is 17.8 Å². The van der Waals surface area contributed by atoms with Crippen LogP contribution in [0.25, 0.3) is 5.65 Å². The van der Waals surface area contributed by atoms with Crippen molar-refractivity contribution in [2.75, 3.05) is 19.7 Å². The minimum Gasteiger partial charge on any atom is -0.488 e. The van der Waals surface area contributed by atoms with Crippen LogP contribution in [-0.2, 0) is 6.42 Å². The summed E-state index contributed by atoms with van der Waals surface area (Å²) < 4.78 is 7.15. The summed E-state index contributed by atoms with van der Waals surface area (Å²) >= 11 is 0. The number of aromatic nitrogens is 2. The summed E-state index contributed by atoms with van der Waals surface area (Å²) in [6.45, 7) is 1.00. The van der Waals surface area contributed by atoms with E-state index >= 15 is 0 Å². The van der Waals surface area contributed by atoms with Crippen molar-refractivity contribution in [3.8, 4) is 11.8 Å². The zero-order chi connectivity index (χ0) is 16.4. The Labute approximate surface area is 132 Å². The first-order valence-electron chi connectivity index (χ1n) is 7.21. The molecule has 2 aromatic heterocycles. The van der Waals surface area contributed by atoms with Gasteiger partial charge in [-0.1, -0.05) is 0 Å². The summed E-state index contributed by atoms with van der Waals surface area (Å²) in [5, 5.41) is 26.5. The van der Waals surface area contributed by atoms with Gasteiger partial charge in [-0.25, -0.2) is 9.78 Å². The minimum atomic E-state index is -1.15. The molecule has 2 aromatic rings. The van der Waals surface area contributed by atoms with Gasteiger partial charge in [0.15, 0.2) is 6.10 Å². The van der Waals surface area contributed by atoms with E-state index in [-0.39, 0.29) is 6.61 Å². The van der Waals surface area contributed by atoms with Gasteiger partial charge in [-0.2, -0.15) is 5.26 Å². The van der Waals surface area contributed by atoms with Crippen LogP contribution in [0.1, 0.15) is 5.69 Å². The van der Waals surface area contributed by atoms with Crippen LogP contribution in [0.15, 0.2) is 24.5 Å². The zero-order valence-corrected chi connectivity index (χ0v) is 12.3. The normalized spacial score (nSPS) is 15.9. The summed E-state index contributed by atoms with van der Waals surface area (Å²) in [6.07, 6.45) is 2.32. The molecule has 1 fully saturated rings. The van der Waals surface area contributed by atoms with Gasteiger partial charge < -0.3 is 24.3 Å². The Morgan fingerprint density at radius 1 is 1.48 bits per heavy atom. The molecule has 0 aromatic carbocycles. The van der Waals surface area contributed by atoms with Crippen LogP contribution in [0.3, 0.4) is 0 Å². The highest BCUT2D eigenvalue weighted by Gasteiger charge is 2.30. The minimum absolute atomic E-state index is 0.0866. The molecule has 0 saturated carbocycles. The second-order valence-electron chi connectivity index (χ2n) is 5.58. The average molecular weight is 316 g/mol. The molecule has 0 bridgehead atoms. The molecule has 0 spiro atoms. The van der Waals surface area contributed by atoms with Crippen molar-refractivity contribution in [3.05, 3.63) is 30.2 Å². The molecule has 8 nitrogen and oxygen atoms in total. The second kappa shape index (κ2) is 6.14. The number of nitrogens with zero attached hydrogens (tertiary/aromatic N) is 4. The average Bonchev–Trinajstić information content (AvgIpc) is 2.89. The van der Waals surface area contributed by atoms with Crippen LogP contribution >= 0.6 is 0 Å². The molecule has 0 aliphatic carbocycles. The van der Waals surface area contributed by atoms with Crippen LogP contribution in [0.2, 0.25) is 0 Å². The van der Waals surface area contributed by atoms with Crippen LogP contribution < -0.4 is 4.74 Å². The van der Waals surface area contributed by atoms with Gasteiger partial charge in [0.1, 0.15) is 18.0 Å². The van der Waals surface area contributed by atoms with Crippen LogP contribution in [0.5, 0.6) is 5.75 Å². The molecule has 3 rings (SSSR count). The first-order valence-corrected chi connectivity index (χ1v) is 7.21. The first-order chi connectivity index (χ1) is 11.0. The topological polar surface area (TPSA) is 111 Å². The van der Waals surface area contributed by atoms with E-state index in [0.29, 0.717) is 24.8 Å². The number of fused-ring (bicyclic) bond motifs is 1. The largest absolute Gasteiger partial charge is 0.488 e. The quantitative estimate of drug-likeness (QED) is 0.787. The van der Waals surface area contributed by atoms with Crippen molar-refractivity contribution < 1.29 is 19.7 Å². The van der Waals surface area contributed by atoms with E-state index in [1.54, 1.807) is 24.4 Å². The molecule has 3 heterocycles. The number of rotatable bonds is 5. The maximum Gasteiger partial charge on any atom is 0.407 e. The number of pyridine rings is 1. The molecule has 23 heavy (non-hydrogen) atoms. The smallest absolute Gasteiger partial charge is 0.407 e. The van der Waals surface area contributed by atoms with E-state index in [4.69, 9.17) is 15.1 Å². The van der Waals surface area contributed by atoms with Crippen LogP contribution in [0, 0.1) is 17.2 Å². The van der Waals surface area contributed by atoms with Gasteiger partial charge in [-0.05, 0) is 24.5 Å². The van der Waals surface area contributed by atoms with Crippen molar-refractivity contribution in [1.82, 2.24) is 14.3 Å². The van der Waals surface area contributed by atoms with Crippen molar-refractivity contribution in [3.63, 3.8) is 0 Å². The number of carboxylic acid groups (broad SMARTS) is 1. The molecular weight excluding hydrogens is 300 g/mol. The number of hydrogen-bond donors (Lipinski definition) is 2. The molecule has 2 N–H and O–H groups in total. The number of imidazole rings is 1. The number of likely N-dealkylation sites (tertiary alicyclic amines) is 1. The Kier molecular flexibility index (Phi) is 4.04. The Hall–Kier alpha value is -2.79. The molecule has 1 aliphatic heterocycles. The molecule has 1 atom stereocenters. The Morgan fingerprint density at radius 3 is 2.96 bits per heavy atom. The maximum atomic E-state index is 10.7. The van der Waals surface area contributed by atoms with Crippen molar-refractivity contribution >= 4 is 11.7 Å². The predicted molar refractivity (Wildman–Crippen MR) is 79.1 cm³/mol. The van der Waals surface area contributed by atoms with Gasteiger partial charge in [-0.15, -0.1) is 0 Å². The lowest BCUT2D eigenvalue weighted by molar-refractivity contribution is 0.0816. The van der Waals surface area contributed by atoms with Crippen molar-refractivity contribution in [1.29, 1.82) is 5.26 Å². The number of nitriles is 1. The highest BCUT2D eigenvalue weighted by Crippen LogP contribution is 2.21. The summed E-state index contributed by atoms with van der Waals surface area (Å²) in [5.74, 6) is 0.842. The van der Waals surface area contributed by atoms with Gasteiger partial charge in [0.05, 0.1) is 18.0 Å². The molecule has 1 saturated heterocycles. The first kappa shape index (κ1) is 15.1. The van der Waals surface area contributed by atoms with E-state index in [1.165, 1.54) is 4.90 Å². The van der Waals surface area contributed by atoms with E-state index in [9.17, 15) is 9.90 Å². The monoisotopic (exact) mass is 316 g/mol. The number of hydrogen-bond acceptors (Lipinski definition) is 5. The van der Waals surface area contributed by atoms with Gasteiger partial charge in [0.2, 0.25) is 0 Å². The third kappa shape index (κ3) is 3.35.